The number of halogens is 1. The van der Waals surface area contributed by atoms with Crippen molar-refractivity contribution in [3.63, 3.8) is 0 Å². The van der Waals surface area contributed by atoms with E-state index >= 15 is 0 Å². The van der Waals surface area contributed by atoms with Crippen LogP contribution in [0.1, 0.15) is 25.6 Å². The van der Waals surface area contributed by atoms with E-state index in [1.807, 2.05) is 58.3 Å². The quantitative estimate of drug-likeness (QED) is 0.922. The fourth-order valence-corrected chi connectivity index (χ4v) is 2.33. The van der Waals surface area contributed by atoms with E-state index in [1.54, 1.807) is 4.90 Å². The Labute approximate surface area is 131 Å². The fraction of sp³-hybridized carbons (Fsp3) is 0.438. The van der Waals surface area contributed by atoms with Crippen molar-refractivity contribution in [3.8, 4) is 0 Å². The normalized spacial score (nSPS) is 13.5. The van der Waals surface area contributed by atoms with E-state index in [-0.39, 0.29) is 30.3 Å². The highest BCUT2D eigenvalue weighted by atomic mass is 35.5. The van der Waals surface area contributed by atoms with Crippen molar-refractivity contribution >= 4 is 29.3 Å². The number of carbonyl (C=O) groups excluding carboxylic acids is 1. The number of benzene rings is 1. The summed E-state index contributed by atoms with van der Waals surface area (Å²) in [7, 11) is 3.68. The SMILES string of the molecule is CNCC(C)C(=O)N(C)C(C)c1cc2ccccc2o1.Cl. The van der Waals surface area contributed by atoms with Crippen LogP contribution in [0.2, 0.25) is 0 Å². The number of para-hydroxylation sites is 1. The highest BCUT2D eigenvalue weighted by Gasteiger charge is 2.24. The summed E-state index contributed by atoms with van der Waals surface area (Å²) in [6.07, 6.45) is 0. The monoisotopic (exact) mass is 310 g/mol. The Bertz CT molecular complexity index is 564. The fourth-order valence-electron chi connectivity index (χ4n) is 2.33. The van der Waals surface area contributed by atoms with Crippen LogP contribution < -0.4 is 5.32 Å². The van der Waals surface area contributed by atoms with Gasteiger partial charge in [0.15, 0.2) is 0 Å². The van der Waals surface area contributed by atoms with Gasteiger partial charge < -0.3 is 14.6 Å². The first-order valence-corrected chi connectivity index (χ1v) is 6.94. The van der Waals surface area contributed by atoms with Crippen LogP contribution in [0.5, 0.6) is 0 Å². The lowest BCUT2D eigenvalue weighted by Crippen LogP contribution is -2.37. The van der Waals surface area contributed by atoms with E-state index in [0.29, 0.717) is 6.54 Å². The summed E-state index contributed by atoms with van der Waals surface area (Å²) in [5.41, 5.74) is 0.860. The summed E-state index contributed by atoms with van der Waals surface area (Å²) in [6, 6.07) is 9.82. The molecule has 1 N–H and O–H groups in total. The number of hydrogen-bond donors (Lipinski definition) is 1. The van der Waals surface area contributed by atoms with E-state index in [2.05, 4.69) is 5.32 Å². The van der Waals surface area contributed by atoms with Gasteiger partial charge in [-0.3, -0.25) is 4.79 Å². The van der Waals surface area contributed by atoms with E-state index in [9.17, 15) is 4.79 Å². The van der Waals surface area contributed by atoms with Gasteiger partial charge in [0.05, 0.1) is 6.04 Å². The minimum Gasteiger partial charge on any atom is -0.459 e. The van der Waals surface area contributed by atoms with Gasteiger partial charge in [-0.2, -0.15) is 0 Å². The number of fused-ring (bicyclic) bond motifs is 1. The molecule has 2 rings (SSSR count). The number of nitrogens with one attached hydrogen (secondary N) is 1. The van der Waals surface area contributed by atoms with Crippen LogP contribution in [-0.4, -0.2) is 31.4 Å². The van der Waals surface area contributed by atoms with Crippen molar-refractivity contribution < 1.29 is 9.21 Å². The lowest BCUT2D eigenvalue weighted by atomic mass is 10.1. The maximum Gasteiger partial charge on any atom is 0.227 e. The van der Waals surface area contributed by atoms with Crippen LogP contribution in [0.15, 0.2) is 34.7 Å². The molecule has 0 aliphatic rings. The Balaban J connectivity index is 0.00000220. The number of carbonyl (C=O) groups is 1. The molecule has 0 fully saturated rings. The molecular formula is C16H23ClN2O2. The second kappa shape index (κ2) is 7.48. The van der Waals surface area contributed by atoms with Gasteiger partial charge in [0.1, 0.15) is 11.3 Å². The zero-order valence-corrected chi connectivity index (χ0v) is 13.7. The molecule has 0 aliphatic heterocycles. The Hall–Kier alpha value is -1.52. The molecule has 1 aromatic heterocycles. The molecule has 2 unspecified atom stereocenters. The lowest BCUT2D eigenvalue weighted by molar-refractivity contribution is -0.135. The molecule has 5 heteroatoms. The molecule has 1 aromatic carbocycles. The highest BCUT2D eigenvalue weighted by Crippen LogP contribution is 2.27. The third-order valence-electron chi connectivity index (χ3n) is 3.72. The van der Waals surface area contributed by atoms with E-state index < -0.39 is 0 Å². The Kier molecular flexibility index (Phi) is 6.24. The van der Waals surface area contributed by atoms with Crippen LogP contribution in [0.3, 0.4) is 0 Å². The first-order valence-electron chi connectivity index (χ1n) is 6.94. The van der Waals surface area contributed by atoms with E-state index in [0.717, 1.165) is 16.7 Å². The van der Waals surface area contributed by atoms with Gasteiger partial charge in [-0.25, -0.2) is 0 Å². The molecule has 116 valence electrons. The Morgan fingerprint density at radius 1 is 1.33 bits per heavy atom. The molecule has 0 saturated carbocycles. The summed E-state index contributed by atoms with van der Waals surface area (Å²) in [5, 5.41) is 4.10. The first kappa shape index (κ1) is 17.5. The van der Waals surface area contributed by atoms with Crippen LogP contribution >= 0.6 is 12.4 Å². The number of rotatable bonds is 5. The minimum absolute atomic E-state index is 0. The number of amides is 1. The smallest absolute Gasteiger partial charge is 0.227 e. The second-order valence-electron chi connectivity index (χ2n) is 5.27. The number of furan rings is 1. The number of hydrogen-bond acceptors (Lipinski definition) is 3. The summed E-state index contributed by atoms with van der Waals surface area (Å²) in [6.45, 7) is 4.60. The molecule has 0 spiro atoms. The summed E-state index contributed by atoms with van der Waals surface area (Å²) in [5.74, 6) is 0.892. The molecule has 4 nitrogen and oxygen atoms in total. The Morgan fingerprint density at radius 2 is 2.00 bits per heavy atom. The number of nitrogens with zero attached hydrogens (tertiary/aromatic N) is 1. The molecule has 0 saturated heterocycles. The molecule has 0 bridgehead atoms. The van der Waals surface area contributed by atoms with Gasteiger partial charge in [-0.1, -0.05) is 25.1 Å². The molecule has 1 heterocycles. The molecule has 0 radical (unpaired) electrons. The second-order valence-corrected chi connectivity index (χ2v) is 5.27. The van der Waals surface area contributed by atoms with Crippen molar-refractivity contribution in [2.24, 2.45) is 5.92 Å². The largest absolute Gasteiger partial charge is 0.459 e. The lowest BCUT2D eigenvalue weighted by Gasteiger charge is -2.26. The molecule has 0 aliphatic carbocycles. The van der Waals surface area contributed by atoms with Gasteiger partial charge in [-0.05, 0) is 26.1 Å². The van der Waals surface area contributed by atoms with Gasteiger partial charge in [0, 0.05) is 24.9 Å². The first-order chi connectivity index (χ1) is 9.54. The van der Waals surface area contributed by atoms with Crippen molar-refractivity contribution in [2.75, 3.05) is 20.6 Å². The minimum atomic E-state index is -0.0748. The highest BCUT2D eigenvalue weighted by molar-refractivity contribution is 5.85. The third-order valence-corrected chi connectivity index (χ3v) is 3.72. The molecular weight excluding hydrogens is 288 g/mol. The van der Waals surface area contributed by atoms with Crippen LogP contribution in [0.4, 0.5) is 0 Å². The van der Waals surface area contributed by atoms with Gasteiger partial charge in [-0.15, -0.1) is 12.4 Å². The maximum absolute atomic E-state index is 12.3. The van der Waals surface area contributed by atoms with Crippen molar-refractivity contribution in [1.29, 1.82) is 0 Å². The third kappa shape index (κ3) is 3.77. The van der Waals surface area contributed by atoms with Crippen LogP contribution in [0, 0.1) is 5.92 Å². The predicted molar refractivity (Wildman–Crippen MR) is 87.7 cm³/mol. The standard InChI is InChI=1S/C16H22N2O2.ClH/c1-11(10-17-3)16(19)18(4)12(2)15-9-13-7-5-6-8-14(13)20-15;/h5-9,11-12,17H,10H2,1-4H3;1H. The summed E-state index contributed by atoms with van der Waals surface area (Å²) in [4.78, 5) is 14.1. The average Bonchev–Trinajstić information content (AvgIpc) is 2.89. The Morgan fingerprint density at radius 3 is 2.62 bits per heavy atom. The molecule has 2 aromatic rings. The zero-order valence-electron chi connectivity index (χ0n) is 12.9. The maximum atomic E-state index is 12.3. The van der Waals surface area contributed by atoms with Crippen molar-refractivity contribution in [2.45, 2.75) is 19.9 Å². The van der Waals surface area contributed by atoms with Crippen molar-refractivity contribution in [3.05, 3.63) is 36.1 Å². The molecule has 21 heavy (non-hydrogen) atoms. The molecule has 1 amide bonds. The average molecular weight is 311 g/mol. The van der Waals surface area contributed by atoms with Crippen LogP contribution in [0.25, 0.3) is 11.0 Å². The van der Waals surface area contributed by atoms with E-state index in [4.69, 9.17) is 4.42 Å². The van der Waals surface area contributed by atoms with Gasteiger partial charge in [0.2, 0.25) is 5.91 Å². The topological polar surface area (TPSA) is 45.5 Å². The molecule has 2 atom stereocenters. The van der Waals surface area contributed by atoms with Gasteiger partial charge in [0.25, 0.3) is 0 Å². The van der Waals surface area contributed by atoms with E-state index in [1.165, 1.54) is 0 Å². The zero-order chi connectivity index (χ0) is 14.7. The van der Waals surface area contributed by atoms with Crippen molar-refractivity contribution in [1.82, 2.24) is 10.2 Å². The summed E-state index contributed by atoms with van der Waals surface area (Å²) >= 11 is 0. The van der Waals surface area contributed by atoms with Crippen LogP contribution in [-0.2, 0) is 4.79 Å². The predicted octanol–water partition coefficient (Wildman–Crippen LogP) is 3.23. The van der Waals surface area contributed by atoms with Gasteiger partial charge >= 0.3 is 0 Å². The summed E-state index contributed by atoms with van der Waals surface area (Å²) < 4.78 is 5.83.